The minimum absolute atomic E-state index is 0.442. The summed E-state index contributed by atoms with van der Waals surface area (Å²) in [5, 5.41) is 18.1. The standard InChI is InChI=1S/C25H35N7O2Si/c1-30-17-22(27-29-30)19-5-6-23-21(15-19)25(28-32(23)18-34-13-14-35(2,3)4)20-7-8-26-24(16-20)31-9-11-33-12-10-31/h5-7,15-17,26H,8-14,18H2,1-4H3. The molecule has 0 unspecified atom stereocenters. The van der Waals surface area contributed by atoms with Gasteiger partial charge < -0.3 is 19.7 Å². The van der Waals surface area contributed by atoms with Crippen LogP contribution in [0.15, 0.2) is 42.4 Å². The van der Waals surface area contributed by atoms with Crippen LogP contribution in [0.5, 0.6) is 0 Å². The van der Waals surface area contributed by atoms with Crippen LogP contribution in [0.1, 0.15) is 5.69 Å². The molecule has 0 amide bonds. The number of dihydropyridines is 1. The second-order valence-corrected chi connectivity index (χ2v) is 16.0. The lowest BCUT2D eigenvalue weighted by atomic mass is 10.0. The van der Waals surface area contributed by atoms with E-state index in [4.69, 9.17) is 14.6 Å². The minimum atomic E-state index is -1.14. The van der Waals surface area contributed by atoms with Gasteiger partial charge >= 0.3 is 0 Å². The van der Waals surface area contributed by atoms with Gasteiger partial charge in [-0.2, -0.15) is 5.10 Å². The zero-order valence-corrected chi connectivity index (χ0v) is 22.1. The van der Waals surface area contributed by atoms with E-state index in [9.17, 15) is 0 Å². The predicted octanol–water partition coefficient (Wildman–Crippen LogP) is 3.30. The van der Waals surface area contributed by atoms with Gasteiger partial charge in [-0.1, -0.05) is 37.0 Å². The third-order valence-electron chi connectivity index (χ3n) is 6.38. The van der Waals surface area contributed by atoms with Crippen molar-refractivity contribution in [1.29, 1.82) is 0 Å². The Morgan fingerprint density at radius 1 is 1.17 bits per heavy atom. The number of hydrogen-bond acceptors (Lipinski definition) is 7. The van der Waals surface area contributed by atoms with Crippen LogP contribution in [0.3, 0.4) is 0 Å². The zero-order valence-electron chi connectivity index (χ0n) is 21.1. The van der Waals surface area contributed by atoms with Crippen LogP contribution in [-0.2, 0) is 23.3 Å². The molecular weight excluding hydrogens is 458 g/mol. The number of fused-ring (bicyclic) bond motifs is 1. The fourth-order valence-electron chi connectivity index (χ4n) is 4.35. The molecule has 35 heavy (non-hydrogen) atoms. The van der Waals surface area contributed by atoms with Gasteiger partial charge in [0.25, 0.3) is 0 Å². The molecule has 1 saturated heterocycles. The first kappa shape index (κ1) is 23.8. The maximum absolute atomic E-state index is 6.08. The first-order valence-corrected chi connectivity index (χ1v) is 16.0. The van der Waals surface area contributed by atoms with Gasteiger partial charge in [0.1, 0.15) is 23.9 Å². The van der Waals surface area contributed by atoms with Gasteiger partial charge in [0.2, 0.25) is 0 Å². The molecule has 0 aliphatic carbocycles. The van der Waals surface area contributed by atoms with E-state index in [1.54, 1.807) is 4.68 Å². The van der Waals surface area contributed by atoms with Crippen LogP contribution in [0.2, 0.25) is 25.7 Å². The number of rotatable bonds is 8. The molecule has 2 aliphatic heterocycles. The highest BCUT2D eigenvalue weighted by Crippen LogP contribution is 2.31. The van der Waals surface area contributed by atoms with Gasteiger partial charge in [0.15, 0.2) is 0 Å². The highest BCUT2D eigenvalue weighted by Gasteiger charge is 2.21. The number of ether oxygens (including phenoxy) is 2. The molecule has 1 N–H and O–H groups in total. The summed E-state index contributed by atoms with van der Waals surface area (Å²) < 4.78 is 15.3. The molecule has 0 saturated carbocycles. The van der Waals surface area contributed by atoms with Crippen molar-refractivity contribution in [3.63, 3.8) is 0 Å². The van der Waals surface area contributed by atoms with Gasteiger partial charge in [-0.15, -0.1) is 5.10 Å². The lowest BCUT2D eigenvalue weighted by Gasteiger charge is -2.32. The van der Waals surface area contributed by atoms with E-state index < -0.39 is 8.07 Å². The number of nitrogens with zero attached hydrogens (tertiary/aromatic N) is 6. The van der Waals surface area contributed by atoms with Crippen LogP contribution in [0, 0.1) is 0 Å². The lowest BCUT2D eigenvalue weighted by Crippen LogP contribution is -2.41. The summed E-state index contributed by atoms with van der Waals surface area (Å²) in [6.45, 7) is 12.4. The summed E-state index contributed by atoms with van der Waals surface area (Å²) in [4.78, 5) is 2.35. The van der Waals surface area contributed by atoms with Crippen LogP contribution in [0.25, 0.3) is 27.7 Å². The molecule has 1 fully saturated rings. The SMILES string of the molecule is Cn1cc(-c2ccc3c(c2)c(C2=CCNC(N4CCOCC4)=C2)nn3COCC[Si](C)(C)C)nn1. The van der Waals surface area contributed by atoms with Crippen molar-refractivity contribution in [3.8, 4) is 11.3 Å². The van der Waals surface area contributed by atoms with E-state index in [1.807, 2.05) is 17.9 Å². The molecule has 0 atom stereocenters. The van der Waals surface area contributed by atoms with E-state index in [0.717, 1.165) is 84.7 Å². The van der Waals surface area contributed by atoms with E-state index >= 15 is 0 Å². The molecule has 4 heterocycles. The number of hydrogen-bond donors (Lipinski definition) is 1. The third-order valence-corrected chi connectivity index (χ3v) is 8.09. The Hall–Kier alpha value is -2.95. The summed E-state index contributed by atoms with van der Waals surface area (Å²) in [6.07, 6.45) is 6.35. The Morgan fingerprint density at radius 3 is 2.74 bits per heavy atom. The molecular formula is C25H35N7O2Si. The van der Waals surface area contributed by atoms with Crippen molar-refractivity contribution < 1.29 is 9.47 Å². The summed E-state index contributed by atoms with van der Waals surface area (Å²) in [6, 6.07) is 7.51. The number of allylic oxidation sites excluding steroid dienone is 2. The Kier molecular flexibility index (Phi) is 6.77. The van der Waals surface area contributed by atoms with Crippen molar-refractivity contribution in [2.75, 3.05) is 39.5 Å². The van der Waals surface area contributed by atoms with Crippen LogP contribution < -0.4 is 5.32 Å². The molecule has 0 spiro atoms. The smallest absolute Gasteiger partial charge is 0.140 e. The number of aryl methyl sites for hydroxylation is 1. The predicted molar refractivity (Wildman–Crippen MR) is 140 cm³/mol. The minimum Gasteiger partial charge on any atom is -0.378 e. The van der Waals surface area contributed by atoms with E-state index in [2.05, 4.69) is 70.5 Å². The normalized spacial score (nSPS) is 16.9. The van der Waals surface area contributed by atoms with Crippen molar-refractivity contribution in [1.82, 2.24) is 35.0 Å². The maximum atomic E-state index is 6.08. The Bertz CT molecular complexity index is 1250. The number of morpholine rings is 1. The molecule has 2 aliphatic rings. The van der Waals surface area contributed by atoms with Gasteiger partial charge in [0.05, 0.1) is 24.9 Å². The maximum Gasteiger partial charge on any atom is 0.140 e. The van der Waals surface area contributed by atoms with E-state index in [0.29, 0.717) is 6.73 Å². The van der Waals surface area contributed by atoms with Gasteiger partial charge in [0, 0.05) is 57.9 Å². The Balaban J connectivity index is 1.49. The molecule has 1 aromatic carbocycles. The third kappa shape index (κ3) is 5.49. The van der Waals surface area contributed by atoms with Gasteiger partial charge in [-0.25, -0.2) is 4.68 Å². The van der Waals surface area contributed by atoms with Crippen molar-refractivity contribution in [2.24, 2.45) is 7.05 Å². The Labute approximate surface area is 207 Å². The summed E-state index contributed by atoms with van der Waals surface area (Å²) in [5.41, 5.74) is 5.02. The monoisotopic (exact) mass is 493 g/mol. The van der Waals surface area contributed by atoms with Crippen LogP contribution in [-0.4, -0.2) is 77.2 Å². The summed E-state index contributed by atoms with van der Waals surface area (Å²) >= 11 is 0. The average Bonchev–Trinajstić information content (AvgIpc) is 3.45. The topological polar surface area (TPSA) is 82.3 Å². The highest BCUT2D eigenvalue weighted by atomic mass is 28.3. The number of benzene rings is 1. The van der Waals surface area contributed by atoms with Gasteiger partial charge in [-0.3, -0.25) is 4.68 Å². The molecule has 10 heteroatoms. The highest BCUT2D eigenvalue weighted by molar-refractivity contribution is 6.76. The first-order valence-electron chi connectivity index (χ1n) is 12.3. The molecule has 0 radical (unpaired) electrons. The molecule has 2 aromatic heterocycles. The molecule has 9 nitrogen and oxygen atoms in total. The number of aromatic nitrogens is 5. The first-order chi connectivity index (χ1) is 16.9. The zero-order chi connectivity index (χ0) is 24.4. The van der Waals surface area contributed by atoms with Crippen molar-refractivity contribution >= 4 is 24.5 Å². The fraction of sp³-hybridized carbons (Fsp3) is 0.480. The number of nitrogens with one attached hydrogen (secondary N) is 1. The van der Waals surface area contributed by atoms with E-state index in [-0.39, 0.29) is 0 Å². The van der Waals surface area contributed by atoms with Crippen molar-refractivity contribution in [3.05, 3.63) is 48.1 Å². The van der Waals surface area contributed by atoms with Crippen LogP contribution in [0.4, 0.5) is 0 Å². The largest absolute Gasteiger partial charge is 0.378 e. The quantitative estimate of drug-likeness (QED) is 0.381. The summed E-state index contributed by atoms with van der Waals surface area (Å²) in [7, 11) is 0.738. The average molecular weight is 494 g/mol. The fourth-order valence-corrected chi connectivity index (χ4v) is 5.11. The molecule has 0 bridgehead atoms. The second kappa shape index (κ2) is 9.96. The van der Waals surface area contributed by atoms with Crippen molar-refractivity contribution in [2.45, 2.75) is 32.4 Å². The molecule has 186 valence electrons. The van der Waals surface area contributed by atoms with Crippen LogP contribution >= 0.6 is 0 Å². The molecule has 5 rings (SSSR count). The van der Waals surface area contributed by atoms with E-state index in [1.165, 1.54) is 0 Å². The molecule has 3 aromatic rings. The Morgan fingerprint density at radius 2 is 2.00 bits per heavy atom. The van der Waals surface area contributed by atoms with Gasteiger partial charge in [-0.05, 0) is 24.3 Å². The lowest BCUT2D eigenvalue weighted by molar-refractivity contribution is 0.0505. The summed E-state index contributed by atoms with van der Waals surface area (Å²) in [5.74, 6) is 1.13. The second-order valence-electron chi connectivity index (χ2n) is 10.4.